The van der Waals surface area contributed by atoms with E-state index in [2.05, 4.69) is 5.32 Å². The van der Waals surface area contributed by atoms with Crippen molar-refractivity contribution in [2.45, 2.75) is 52.1 Å². The molecule has 23 heavy (non-hydrogen) atoms. The van der Waals surface area contributed by atoms with Crippen molar-refractivity contribution in [3.05, 3.63) is 35.6 Å². The molecule has 0 aliphatic carbocycles. The van der Waals surface area contributed by atoms with Crippen LogP contribution in [0.2, 0.25) is 0 Å². The Morgan fingerprint density at radius 1 is 1.35 bits per heavy atom. The van der Waals surface area contributed by atoms with Crippen molar-refractivity contribution in [2.24, 2.45) is 5.92 Å². The Kier molecular flexibility index (Phi) is 6.13. The predicted octanol–water partition coefficient (Wildman–Crippen LogP) is 2.87. The minimum Gasteiger partial charge on any atom is -0.353 e. The summed E-state index contributed by atoms with van der Waals surface area (Å²) >= 11 is 0. The molecule has 2 amide bonds. The number of halogens is 1. The largest absolute Gasteiger partial charge is 0.353 e. The van der Waals surface area contributed by atoms with Gasteiger partial charge in [0, 0.05) is 31.1 Å². The molecule has 0 bridgehead atoms. The van der Waals surface area contributed by atoms with E-state index in [9.17, 15) is 14.0 Å². The van der Waals surface area contributed by atoms with E-state index in [1.165, 1.54) is 6.07 Å². The molecule has 0 spiro atoms. The summed E-state index contributed by atoms with van der Waals surface area (Å²) in [5.41, 5.74) is 0.488. The Hall–Kier alpha value is -1.91. The van der Waals surface area contributed by atoms with E-state index in [1.807, 2.05) is 13.8 Å². The topological polar surface area (TPSA) is 49.4 Å². The summed E-state index contributed by atoms with van der Waals surface area (Å²) in [5.74, 6) is -0.534. The van der Waals surface area contributed by atoms with Gasteiger partial charge in [-0.15, -0.1) is 0 Å². The highest BCUT2D eigenvalue weighted by atomic mass is 19.1. The van der Waals surface area contributed by atoms with Gasteiger partial charge in [-0.1, -0.05) is 32.0 Å². The summed E-state index contributed by atoms with van der Waals surface area (Å²) < 4.78 is 13.8. The van der Waals surface area contributed by atoms with Gasteiger partial charge in [0.2, 0.25) is 11.8 Å². The standard InChI is InChI=1S/C18H25FN2O2/c1-3-15(4-2)20-18(23)14-9-10-17(22)21(12-14)11-13-7-5-6-8-16(13)19/h5-8,14-15H,3-4,9-12H2,1-2H3,(H,20,23)/t14-/m1/s1. The van der Waals surface area contributed by atoms with E-state index in [0.717, 1.165) is 12.8 Å². The van der Waals surface area contributed by atoms with Gasteiger partial charge in [0.25, 0.3) is 0 Å². The molecule has 0 unspecified atom stereocenters. The van der Waals surface area contributed by atoms with Crippen LogP contribution in [-0.2, 0) is 16.1 Å². The highest BCUT2D eigenvalue weighted by molar-refractivity contribution is 5.84. The lowest BCUT2D eigenvalue weighted by molar-refractivity contribution is -0.139. The quantitative estimate of drug-likeness (QED) is 0.876. The van der Waals surface area contributed by atoms with E-state index in [0.29, 0.717) is 24.9 Å². The Morgan fingerprint density at radius 3 is 2.70 bits per heavy atom. The number of likely N-dealkylation sites (tertiary alicyclic amines) is 1. The summed E-state index contributed by atoms with van der Waals surface area (Å²) in [7, 11) is 0. The van der Waals surface area contributed by atoms with Crippen LogP contribution >= 0.6 is 0 Å². The molecule has 4 nitrogen and oxygen atoms in total. The molecule has 0 aromatic heterocycles. The SMILES string of the molecule is CCC(CC)NC(=O)[C@@H]1CCC(=O)N(Cc2ccccc2F)C1. The van der Waals surface area contributed by atoms with Gasteiger partial charge in [0.15, 0.2) is 0 Å². The molecule has 1 aromatic rings. The average Bonchev–Trinajstić information content (AvgIpc) is 2.56. The maximum atomic E-state index is 13.8. The first-order valence-corrected chi connectivity index (χ1v) is 8.36. The summed E-state index contributed by atoms with van der Waals surface area (Å²) in [6.07, 6.45) is 2.70. The third-order valence-electron chi connectivity index (χ3n) is 4.52. The lowest BCUT2D eigenvalue weighted by Crippen LogP contribution is -2.47. The Bertz CT molecular complexity index is 558. The molecular formula is C18H25FN2O2. The minimum atomic E-state index is -0.316. The summed E-state index contributed by atoms with van der Waals surface area (Å²) in [4.78, 5) is 26.1. The Morgan fingerprint density at radius 2 is 2.04 bits per heavy atom. The first-order valence-electron chi connectivity index (χ1n) is 8.36. The monoisotopic (exact) mass is 320 g/mol. The molecule has 1 aliphatic rings. The molecule has 1 saturated heterocycles. The maximum Gasteiger partial charge on any atom is 0.225 e. The van der Waals surface area contributed by atoms with Gasteiger partial charge in [0.1, 0.15) is 5.82 Å². The van der Waals surface area contributed by atoms with Crippen LogP contribution in [-0.4, -0.2) is 29.3 Å². The summed E-state index contributed by atoms with van der Waals surface area (Å²) in [6.45, 7) is 4.67. The van der Waals surface area contributed by atoms with Gasteiger partial charge in [-0.2, -0.15) is 0 Å². The van der Waals surface area contributed by atoms with Gasteiger partial charge in [-0.3, -0.25) is 9.59 Å². The van der Waals surface area contributed by atoms with Crippen molar-refractivity contribution in [3.63, 3.8) is 0 Å². The molecule has 1 heterocycles. The van der Waals surface area contributed by atoms with E-state index < -0.39 is 0 Å². The fourth-order valence-corrected chi connectivity index (χ4v) is 2.93. The van der Waals surface area contributed by atoms with Crippen LogP contribution in [0.15, 0.2) is 24.3 Å². The zero-order valence-corrected chi connectivity index (χ0v) is 13.8. The first kappa shape index (κ1) is 17.4. The summed E-state index contributed by atoms with van der Waals surface area (Å²) in [5, 5.41) is 3.05. The molecular weight excluding hydrogens is 295 g/mol. The second kappa shape index (κ2) is 8.09. The predicted molar refractivity (Wildman–Crippen MR) is 87.1 cm³/mol. The van der Waals surface area contributed by atoms with Crippen molar-refractivity contribution in [1.82, 2.24) is 10.2 Å². The molecule has 1 fully saturated rings. The third kappa shape index (κ3) is 4.53. The van der Waals surface area contributed by atoms with Crippen LogP contribution in [0.4, 0.5) is 4.39 Å². The first-order chi connectivity index (χ1) is 11.0. The number of rotatable bonds is 6. The number of nitrogens with zero attached hydrogens (tertiary/aromatic N) is 1. The van der Waals surface area contributed by atoms with Crippen LogP contribution in [0.3, 0.4) is 0 Å². The van der Waals surface area contributed by atoms with Crippen molar-refractivity contribution in [2.75, 3.05) is 6.54 Å². The van der Waals surface area contributed by atoms with Gasteiger partial charge >= 0.3 is 0 Å². The van der Waals surface area contributed by atoms with Crippen LogP contribution in [0.5, 0.6) is 0 Å². The highest BCUT2D eigenvalue weighted by Crippen LogP contribution is 2.21. The summed E-state index contributed by atoms with van der Waals surface area (Å²) in [6, 6.07) is 6.63. The molecule has 1 aromatic carbocycles. The smallest absolute Gasteiger partial charge is 0.225 e. The van der Waals surface area contributed by atoms with E-state index in [-0.39, 0.29) is 36.1 Å². The minimum absolute atomic E-state index is 0.00438. The van der Waals surface area contributed by atoms with Gasteiger partial charge in [-0.25, -0.2) is 4.39 Å². The van der Waals surface area contributed by atoms with E-state index in [4.69, 9.17) is 0 Å². The molecule has 1 atom stereocenters. The van der Waals surface area contributed by atoms with Crippen LogP contribution in [0, 0.1) is 11.7 Å². The molecule has 1 aliphatic heterocycles. The molecule has 1 N–H and O–H groups in total. The number of amides is 2. The fourth-order valence-electron chi connectivity index (χ4n) is 2.93. The normalized spacial score (nSPS) is 18.3. The van der Waals surface area contributed by atoms with E-state index in [1.54, 1.807) is 23.1 Å². The number of piperidine rings is 1. The van der Waals surface area contributed by atoms with Crippen molar-refractivity contribution < 1.29 is 14.0 Å². The number of carbonyl (C=O) groups excluding carboxylic acids is 2. The van der Waals surface area contributed by atoms with Gasteiger partial charge < -0.3 is 10.2 Å². The lowest BCUT2D eigenvalue weighted by Gasteiger charge is -2.32. The highest BCUT2D eigenvalue weighted by Gasteiger charge is 2.31. The number of nitrogens with one attached hydrogen (secondary N) is 1. The number of hydrogen-bond donors (Lipinski definition) is 1. The second-order valence-electron chi connectivity index (χ2n) is 6.12. The van der Waals surface area contributed by atoms with Crippen LogP contribution in [0.25, 0.3) is 0 Å². The Labute approximate surface area is 137 Å². The maximum absolute atomic E-state index is 13.8. The number of hydrogen-bond acceptors (Lipinski definition) is 2. The second-order valence-corrected chi connectivity index (χ2v) is 6.12. The van der Waals surface area contributed by atoms with E-state index >= 15 is 0 Å². The zero-order chi connectivity index (χ0) is 16.8. The van der Waals surface area contributed by atoms with Crippen LogP contribution < -0.4 is 5.32 Å². The molecule has 126 valence electrons. The van der Waals surface area contributed by atoms with Gasteiger partial charge in [0.05, 0.1) is 5.92 Å². The third-order valence-corrected chi connectivity index (χ3v) is 4.52. The van der Waals surface area contributed by atoms with Crippen molar-refractivity contribution >= 4 is 11.8 Å². The fraction of sp³-hybridized carbons (Fsp3) is 0.556. The zero-order valence-electron chi connectivity index (χ0n) is 13.8. The Balaban J connectivity index is 2.00. The van der Waals surface area contributed by atoms with Crippen LogP contribution in [0.1, 0.15) is 45.1 Å². The molecule has 0 radical (unpaired) electrons. The average molecular weight is 320 g/mol. The molecule has 5 heteroatoms. The van der Waals surface area contributed by atoms with Crippen molar-refractivity contribution in [1.29, 1.82) is 0 Å². The van der Waals surface area contributed by atoms with Gasteiger partial charge in [-0.05, 0) is 25.3 Å². The number of benzene rings is 1. The molecule has 2 rings (SSSR count). The molecule has 0 saturated carbocycles. The number of carbonyl (C=O) groups is 2. The lowest BCUT2D eigenvalue weighted by atomic mass is 9.95. The van der Waals surface area contributed by atoms with Crippen molar-refractivity contribution in [3.8, 4) is 0 Å².